The molecule has 1 aromatic rings. The van der Waals surface area contributed by atoms with Gasteiger partial charge < -0.3 is 10.1 Å². The van der Waals surface area contributed by atoms with Crippen molar-refractivity contribution in [3.8, 4) is 0 Å². The van der Waals surface area contributed by atoms with Crippen molar-refractivity contribution in [2.45, 2.75) is 51.1 Å². The number of imidazole rings is 1. The van der Waals surface area contributed by atoms with E-state index in [-0.39, 0.29) is 24.2 Å². The van der Waals surface area contributed by atoms with E-state index in [1.807, 2.05) is 20.8 Å². The normalized spacial score (nSPS) is 12.5. The second-order valence-corrected chi connectivity index (χ2v) is 6.22. The summed E-state index contributed by atoms with van der Waals surface area (Å²) < 4.78 is 26.5. The molecule has 0 atom stereocenters. The summed E-state index contributed by atoms with van der Waals surface area (Å²) in [6.45, 7) is 5.71. The van der Waals surface area contributed by atoms with Gasteiger partial charge in [-0.2, -0.15) is 4.31 Å². The van der Waals surface area contributed by atoms with Gasteiger partial charge in [0, 0.05) is 19.0 Å². The van der Waals surface area contributed by atoms with E-state index in [1.165, 1.54) is 10.5 Å². The molecule has 1 rings (SSSR count). The van der Waals surface area contributed by atoms with Crippen molar-refractivity contribution in [1.82, 2.24) is 14.3 Å². The number of nitrogens with one attached hydrogen (secondary N) is 1. The van der Waals surface area contributed by atoms with Crippen molar-refractivity contribution < 1.29 is 13.5 Å². The van der Waals surface area contributed by atoms with Crippen LogP contribution in [-0.2, 0) is 16.4 Å². The summed E-state index contributed by atoms with van der Waals surface area (Å²) >= 11 is 0. The fourth-order valence-electron chi connectivity index (χ4n) is 2.07. The Morgan fingerprint density at radius 2 is 2.00 bits per heavy atom. The van der Waals surface area contributed by atoms with E-state index in [2.05, 4.69) is 9.97 Å². The molecule has 0 unspecified atom stereocenters. The van der Waals surface area contributed by atoms with E-state index in [0.717, 1.165) is 0 Å². The molecule has 0 aliphatic carbocycles. The summed E-state index contributed by atoms with van der Waals surface area (Å²) in [5.41, 5.74) is 0. The predicted octanol–water partition coefficient (Wildman–Crippen LogP) is 1.14. The number of H-pyrrole nitrogens is 1. The van der Waals surface area contributed by atoms with Crippen molar-refractivity contribution in [1.29, 1.82) is 0 Å². The average Bonchev–Trinajstić information content (AvgIpc) is 2.88. The first-order valence-electron chi connectivity index (χ1n) is 6.67. The number of sulfonamides is 1. The zero-order valence-corrected chi connectivity index (χ0v) is 12.6. The number of hydrogen-bond acceptors (Lipinski definition) is 4. The molecule has 0 amide bonds. The molecule has 6 nitrogen and oxygen atoms in total. The Labute approximate surface area is 114 Å². The Kier molecular flexibility index (Phi) is 5.96. The van der Waals surface area contributed by atoms with Crippen molar-refractivity contribution in [3.05, 3.63) is 12.0 Å². The predicted molar refractivity (Wildman–Crippen MR) is 73.3 cm³/mol. The fraction of sp³-hybridized carbons (Fsp3) is 0.750. The monoisotopic (exact) mass is 289 g/mol. The molecule has 0 radical (unpaired) electrons. The molecule has 0 spiro atoms. The van der Waals surface area contributed by atoms with E-state index in [4.69, 9.17) is 5.11 Å². The topological polar surface area (TPSA) is 86.3 Å². The Morgan fingerprint density at radius 3 is 2.42 bits per heavy atom. The van der Waals surface area contributed by atoms with Gasteiger partial charge in [0.25, 0.3) is 10.0 Å². The summed E-state index contributed by atoms with van der Waals surface area (Å²) in [6.07, 6.45) is 3.43. The minimum Gasteiger partial charge on any atom is -0.395 e. The Morgan fingerprint density at radius 1 is 1.37 bits per heavy atom. The number of aliphatic hydroxyl groups excluding tert-OH is 1. The largest absolute Gasteiger partial charge is 0.395 e. The zero-order chi connectivity index (χ0) is 14.5. The van der Waals surface area contributed by atoms with Crippen LogP contribution in [0.1, 0.15) is 39.4 Å². The number of aromatic amines is 1. The molecule has 0 aliphatic rings. The Hall–Kier alpha value is -0.920. The zero-order valence-electron chi connectivity index (χ0n) is 11.8. The lowest BCUT2D eigenvalue weighted by atomic mass is 10.2. The molecule has 0 aromatic carbocycles. The van der Waals surface area contributed by atoms with E-state index >= 15 is 0 Å². The van der Waals surface area contributed by atoms with E-state index in [9.17, 15) is 8.42 Å². The number of aryl methyl sites for hydroxylation is 1. The first-order chi connectivity index (χ1) is 9.01. The lowest BCUT2D eigenvalue weighted by Crippen LogP contribution is -2.41. The van der Waals surface area contributed by atoms with Crippen LogP contribution in [0.4, 0.5) is 0 Å². The Bertz CT molecular complexity index is 480. The molecule has 0 fully saturated rings. The molecule has 110 valence electrons. The molecule has 1 aromatic heterocycles. The molecule has 0 bridgehead atoms. The van der Waals surface area contributed by atoms with Gasteiger partial charge in [-0.3, -0.25) is 0 Å². The third kappa shape index (κ3) is 3.55. The quantitative estimate of drug-likeness (QED) is 0.751. The van der Waals surface area contributed by atoms with Gasteiger partial charge in [-0.25, -0.2) is 13.4 Å². The minimum atomic E-state index is -3.62. The van der Waals surface area contributed by atoms with Crippen LogP contribution in [0.15, 0.2) is 11.2 Å². The maximum absolute atomic E-state index is 12.6. The lowest BCUT2D eigenvalue weighted by Gasteiger charge is -2.28. The van der Waals surface area contributed by atoms with Crippen molar-refractivity contribution >= 4 is 10.0 Å². The maximum atomic E-state index is 12.6. The van der Waals surface area contributed by atoms with Crippen LogP contribution in [0.25, 0.3) is 0 Å². The number of aliphatic hydroxyl groups is 1. The Balaban J connectivity index is 3.11. The molecule has 0 aliphatic heterocycles. The molecular formula is C12H23N3O3S. The van der Waals surface area contributed by atoms with Crippen LogP contribution < -0.4 is 0 Å². The highest BCUT2D eigenvalue weighted by Crippen LogP contribution is 2.19. The van der Waals surface area contributed by atoms with Crippen molar-refractivity contribution in [2.75, 3.05) is 13.2 Å². The molecular weight excluding hydrogens is 266 g/mol. The van der Waals surface area contributed by atoms with Gasteiger partial charge in [0.05, 0.1) is 12.8 Å². The van der Waals surface area contributed by atoms with E-state index < -0.39 is 10.0 Å². The summed E-state index contributed by atoms with van der Waals surface area (Å²) in [5.74, 6) is 0.645. The van der Waals surface area contributed by atoms with Crippen molar-refractivity contribution in [3.63, 3.8) is 0 Å². The van der Waals surface area contributed by atoms with E-state index in [0.29, 0.717) is 25.1 Å². The number of hydrogen-bond donors (Lipinski definition) is 2. The second kappa shape index (κ2) is 7.02. The van der Waals surface area contributed by atoms with Crippen LogP contribution >= 0.6 is 0 Å². The van der Waals surface area contributed by atoms with Gasteiger partial charge in [-0.05, 0) is 12.8 Å². The summed E-state index contributed by atoms with van der Waals surface area (Å²) in [5, 5.41) is 9.21. The first kappa shape index (κ1) is 16.1. The minimum absolute atomic E-state index is 0.102. The second-order valence-electron chi connectivity index (χ2n) is 4.36. The number of aromatic nitrogens is 2. The number of rotatable bonds is 8. The highest BCUT2D eigenvalue weighted by Gasteiger charge is 2.30. The van der Waals surface area contributed by atoms with Crippen molar-refractivity contribution in [2.24, 2.45) is 0 Å². The van der Waals surface area contributed by atoms with Gasteiger partial charge in [-0.15, -0.1) is 0 Å². The van der Waals surface area contributed by atoms with E-state index in [1.54, 1.807) is 0 Å². The third-order valence-electron chi connectivity index (χ3n) is 3.20. The van der Waals surface area contributed by atoms with Crippen LogP contribution in [0, 0.1) is 0 Å². The SMILES string of the molecule is CCc1ncc(S(=O)(=O)N(CCO)C(CC)CC)[nH]1. The van der Waals surface area contributed by atoms with Gasteiger partial charge in [-0.1, -0.05) is 20.8 Å². The molecule has 7 heteroatoms. The summed E-state index contributed by atoms with van der Waals surface area (Å²) in [6, 6.07) is -0.106. The highest BCUT2D eigenvalue weighted by atomic mass is 32.2. The van der Waals surface area contributed by atoms with Crippen LogP contribution in [0.2, 0.25) is 0 Å². The summed E-state index contributed by atoms with van der Waals surface area (Å²) in [4.78, 5) is 6.85. The molecule has 0 saturated carbocycles. The standard InChI is InChI=1S/C12H23N3O3S/c1-4-10(5-2)15(7-8-16)19(17,18)12-9-13-11(6-3)14-12/h9-10,16H,4-8H2,1-3H3,(H,13,14). The highest BCUT2D eigenvalue weighted by molar-refractivity contribution is 7.89. The average molecular weight is 289 g/mol. The summed E-state index contributed by atoms with van der Waals surface area (Å²) in [7, 11) is -3.62. The molecule has 1 heterocycles. The van der Waals surface area contributed by atoms with Gasteiger partial charge in [0.15, 0.2) is 5.03 Å². The van der Waals surface area contributed by atoms with Gasteiger partial charge in [0.1, 0.15) is 5.82 Å². The first-order valence-corrected chi connectivity index (χ1v) is 8.11. The molecule has 19 heavy (non-hydrogen) atoms. The van der Waals surface area contributed by atoms with Gasteiger partial charge in [0.2, 0.25) is 0 Å². The molecule has 2 N–H and O–H groups in total. The van der Waals surface area contributed by atoms with Crippen LogP contribution in [0.5, 0.6) is 0 Å². The maximum Gasteiger partial charge on any atom is 0.260 e. The lowest BCUT2D eigenvalue weighted by molar-refractivity contribution is 0.219. The van der Waals surface area contributed by atoms with Gasteiger partial charge >= 0.3 is 0 Å². The third-order valence-corrected chi connectivity index (χ3v) is 5.06. The molecule has 0 saturated heterocycles. The van der Waals surface area contributed by atoms with Crippen LogP contribution in [0.3, 0.4) is 0 Å². The fourth-order valence-corrected chi connectivity index (χ4v) is 3.77. The van der Waals surface area contributed by atoms with Crippen LogP contribution in [-0.4, -0.2) is 47.0 Å². The number of nitrogens with zero attached hydrogens (tertiary/aromatic N) is 2. The smallest absolute Gasteiger partial charge is 0.260 e.